The van der Waals surface area contributed by atoms with Crippen LogP contribution in [0.3, 0.4) is 0 Å². The third kappa shape index (κ3) is 3.27. The van der Waals surface area contributed by atoms with Gasteiger partial charge in [-0.25, -0.2) is 0 Å². The van der Waals surface area contributed by atoms with Gasteiger partial charge in [0.15, 0.2) is 0 Å². The number of hydrogen-bond acceptors (Lipinski definition) is 3. The van der Waals surface area contributed by atoms with Gasteiger partial charge in [-0.2, -0.15) is 0 Å². The zero-order valence-electron chi connectivity index (χ0n) is 11.1. The predicted molar refractivity (Wildman–Crippen MR) is 70.9 cm³/mol. The summed E-state index contributed by atoms with van der Waals surface area (Å²) in [6.45, 7) is 11.2. The third-order valence-corrected chi connectivity index (χ3v) is 3.64. The Kier molecular flexibility index (Phi) is 4.13. The maximum atomic E-state index is 4.22. The van der Waals surface area contributed by atoms with Crippen LogP contribution in [0, 0.1) is 12.8 Å². The van der Waals surface area contributed by atoms with Crippen LogP contribution in [0.4, 0.5) is 0 Å². The van der Waals surface area contributed by atoms with Gasteiger partial charge in [0.25, 0.3) is 0 Å². The van der Waals surface area contributed by atoms with Crippen LogP contribution < -0.4 is 5.32 Å². The molecule has 17 heavy (non-hydrogen) atoms. The summed E-state index contributed by atoms with van der Waals surface area (Å²) in [7, 11) is 0. The number of hydrogen-bond donors (Lipinski definition) is 1. The van der Waals surface area contributed by atoms with Crippen LogP contribution in [-0.2, 0) is 6.54 Å². The topological polar surface area (TPSA) is 28.2 Å². The molecule has 1 aliphatic rings. The molecule has 0 bridgehead atoms. The van der Waals surface area contributed by atoms with Crippen molar-refractivity contribution in [2.45, 2.75) is 33.4 Å². The van der Waals surface area contributed by atoms with Gasteiger partial charge in [-0.15, -0.1) is 0 Å². The van der Waals surface area contributed by atoms with Crippen LogP contribution in [0.15, 0.2) is 18.5 Å². The number of nitrogens with zero attached hydrogens (tertiary/aromatic N) is 2. The predicted octanol–water partition coefficient (Wildman–Crippen LogP) is 1.82. The zero-order chi connectivity index (χ0) is 12.3. The highest BCUT2D eigenvalue weighted by Crippen LogP contribution is 2.13. The van der Waals surface area contributed by atoms with Gasteiger partial charge >= 0.3 is 0 Å². The number of nitrogens with one attached hydrogen (secondary N) is 1. The smallest absolute Gasteiger partial charge is 0.0315 e. The van der Waals surface area contributed by atoms with E-state index in [-0.39, 0.29) is 0 Å². The zero-order valence-corrected chi connectivity index (χ0v) is 11.1. The van der Waals surface area contributed by atoms with E-state index in [9.17, 15) is 0 Å². The summed E-state index contributed by atoms with van der Waals surface area (Å²) in [5.74, 6) is 0.702. The van der Waals surface area contributed by atoms with Gasteiger partial charge in [0.2, 0.25) is 0 Å². The first kappa shape index (κ1) is 12.5. The molecule has 0 saturated carbocycles. The first-order valence-corrected chi connectivity index (χ1v) is 6.52. The van der Waals surface area contributed by atoms with Gasteiger partial charge in [0.1, 0.15) is 0 Å². The summed E-state index contributed by atoms with van der Waals surface area (Å²) in [4.78, 5) is 6.76. The van der Waals surface area contributed by atoms with Crippen molar-refractivity contribution in [2.24, 2.45) is 5.92 Å². The first-order chi connectivity index (χ1) is 8.16. The Labute approximate surface area is 104 Å². The van der Waals surface area contributed by atoms with Gasteiger partial charge in [-0.3, -0.25) is 9.88 Å². The lowest BCUT2D eigenvalue weighted by Crippen LogP contribution is -2.52. The van der Waals surface area contributed by atoms with Crippen molar-refractivity contribution >= 4 is 0 Å². The summed E-state index contributed by atoms with van der Waals surface area (Å²) < 4.78 is 0. The molecule has 1 saturated heterocycles. The van der Waals surface area contributed by atoms with Crippen molar-refractivity contribution in [3.8, 4) is 0 Å². The number of aryl methyl sites for hydroxylation is 1. The van der Waals surface area contributed by atoms with Crippen molar-refractivity contribution in [2.75, 3.05) is 19.6 Å². The van der Waals surface area contributed by atoms with Crippen LogP contribution in [-0.4, -0.2) is 35.6 Å². The standard InChI is InChI=1S/C14H23N3/c1-11(2)14-10-17(7-6-16-14)9-13-8-15-5-4-12(13)3/h4-5,8,11,14,16H,6-7,9-10H2,1-3H3. The molecular formula is C14H23N3. The molecule has 1 aromatic heterocycles. The van der Waals surface area contributed by atoms with E-state index >= 15 is 0 Å². The fraction of sp³-hybridized carbons (Fsp3) is 0.643. The lowest BCUT2D eigenvalue weighted by Gasteiger charge is -2.35. The maximum Gasteiger partial charge on any atom is 0.0315 e. The molecule has 94 valence electrons. The van der Waals surface area contributed by atoms with Crippen LogP contribution in [0.25, 0.3) is 0 Å². The van der Waals surface area contributed by atoms with Gasteiger partial charge < -0.3 is 5.32 Å². The second-order valence-electron chi connectivity index (χ2n) is 5.34. The third-order valence-electron chi connectivity index (χ3n) is 3.64. The molecule has 1 atom stereocenters. The van der Waals surface area contributed by atoms with Crippen LogP contribution in [0.2, 0.25) is 0 Å². The van der Waals surface area contributed by atoms with Crippen LogP contribution in [0.5, 0.6) is 0 Å². The molecule has 0 radical (unpaired) electrons. The summed E-state index contributed by atoms with van der Waals surface area (Å²) in [5.41, 5.74) is 2.71. The summed E-state index contributed by atoms with van der Waals surface area (Å²) in [6, 6.07) is 2.72. The van der Waals surface area contributed by atoms with E-state index in [1.54, 1.807) is 0 Å². The monoisotopic (exact) mass is 233 g/mol. The number of aromatic nitrogens is 1. The average Bonchev–Trinajstić information content (AvgIpc) is 2.32. The van der Waals surface area contributed by atoms with Crippen LogP contribution >= 0.6 is 0 Å². The minimum Gasteiger partial charge on any atom is -0.311 e. The molecule has 0 amide bonds. The van der Waals surface area contributed by atoms with Crippen molar-refractivity contribution in [1.29, 1.82) is 0 Å². The molecule has 0 aromatic carbocycles. The molecule has 1 N–H and O–H groups in total. The second-order valence-corrected chi connectivity index (χ2v) is 5.34. The molecule has 0 aliphatic carbocycles. The molecule has 2 heterocycles. The molecule has 1 unspecified atom stereocenters. The lowest BCUT2D eigenvalue weighted by atomic mass is 10.0. The maximum absolute atomic E-state index is 4.22. The largest absolute Gasteiger partial charge is 0.311 e. The average molecular weight is 233 g/mol. The number of piperazine rings is 1. The van der Waals surface area contributed by atoms with Crippen molar-refractivity contribution in [3.05, 3.63) is 29.6 Å². The van der Waals surface area contributed by atoms with E-state index in [0.29, 0.717) is 12.0 Å². The minimum absolute atomic E-state index is 0.626. The van der Waals surface area contributed by atoms with Gasteiger partial charge in [0, 0.05) is 44.6 Å². The fourth-order valence-electron chi connectivity index (χ4n) is 2.34. The second kappa shape index (κ2) is 5.61. The molecule has 1 aromatic rings. The van der Waals surface area contributed by atoms with Crippen molar-refractivity contribution < 1.29 is 0 Å². The number of rotatable bonds is 3. The summed E-state index contributed by atoms with van der Waals surface area (Å²) in [5, 5.41) is 3.59. The molecule has 1 fully saturated rings. The van der Waals surface area contributed by atoms with E-state index in [4.69, 9.17) is 0 Å². The lowest BCUT2D eigenvalue weighted by molar-refractivity contribution is 0.168. The minimum atomic E-state index is 0.626. The van der Waals surface area contributed by atoms with Crippen LogP contribution in [0.1, 0.15) is 25.0 Å². The van der Waals surface area contributed by atoms with Gasteiger partial charge in [-0.1, -0.05) is 13.8 Å². The van der Waals surface area contributed by atoms with E-state index in [1.807, 2.05) is 12.4 Å². The number of pyridine rings is 1. The molecule has 1 aliphatic heterocycles. The summed E-state index contributed by atoms with van der Waals surface area (Å²) >= 11 is 0. The first-order valence-electron chi connectivity index (χ1n) is 6.52. The van der Waals surface area contributed by atoms with Gasteiger partial charge in [-0.05, 0) is 30.0 Å². The Morgan fingerprint density at radius 1 is 1.53 bits per heavy atom. The highest BCUT2D eigenvalue weighted by Gasteiger charge is 2.21. The molecule has 3 heteroatoms. The highest BCUT2D eigenvalue weighted by molar-refractivity contribution is 5.21. The highest BCUT2D eigenvalue weighted by atomic mass is 15.2. The Balaban J connectivity index is 1.97. The molecule has 2 rings (SSSR count). The Hall–Kier alpha value is -0.930. The van der Waals surface area contributed by atoms with E-state index in [2.05, 4.69) is 42.0 Å². The molecular weight excluding hydrogens is 210 g/mol. The quantitative estimate of drug-likeness (QED) is 0.863. The Morgan fingerprint density at radius 3 is 3.06 bits per heavy atom. The molecule has 3 nitrogen and oxygen atoms in total. The molecule has 0 spiro atoms. The van der Waals surface area contributed by atoms with E-state index < -0.39 is 0 Å². The SMILES string of the molecule is Cc1ccncc1CN1CCNC(C(C)C)C1. The fourth-order valence-corrected chi connectivity index (χ4v) is 2.34. The summed E-state index contributed by atoms with van der Waals surface area (Å²) in [6.07, 6.45) is 3.87. The van der Waals surface area contributed by atoms with Crippen molar-refractivity contribution in [3.63, 3.8) is 0 Å². The Bertz CT molecular complexity index is 362. The normalized spacial score (nSPS) is 22.0. The van der Waals surface area contributed by atoms with Gasteiger partial charge in [0.05, 0.1) is 0 Å². The van der Waals surface area contributed by atoms with E-state index in [0.717, 1.165) is 26.2 Å². The Morgan fingerprint density at radius 2 is 2.35 bits per heavy atom. The van der Waals surface area contributed by atoms with E-state index in [1.165, 1.54) is 11.1 Å². The van der Waals surface area contributed by atoms with Crippen molar-refractivity contribution in [1.82, 2.24) is 15.2 Å².